The molecule has 0 aliphatic carbocycles. The molecule has 1 atom stereocenters. The van der Waals surface area contributed by atoms with Gasteiger partial charge in [0.15, 0.2) is 0 Å². The van der Waals surface area contributed by atoms with Crippen molar-refractivity contribution in [2.24, 2.45) is 0 Å². The number of carbonyl (C=O) groups excluding carboxylic acids is 3. The standard InChI is InChI=1S/C30H29ClN4O6/c1-3-5-16-34-27(19-10-7-6-8-11-19)25(29(37)41-4-2)26(33-30(34)38)20-12-9-13-21(17-20)32-28(36)23-15-14-22(35(39)40)18-24(23)31/h6-15,17-18,26H,3-5,16H2,1-2H3,(H,32,36)(H,33,38)/t26-/m1/s1. The minimum absolute atomic E-state index is 0.0543. The molecule has 0 saturated carbocycles. The van der Waals surface area contributed by atoms with Gasteiger partial charge in [0.1, 0.15) is 0 Å². The Kier molecular flexibility index (Phi) is 9.36. The fraction of sp³-hybridized carbons (Fsp3) is 0.233. The van der Waals surface area contributed by atoms with E-state index in [0.29, 0.717) is 29.1 Å². The van der Waals surface area contributed by atoms with E-state index >= 15 is 0 Å². The first-order chi connectivity index (χ1) is 19.7. The number of halogens is 1. The summed E-state index contributed by atoms with van der Waals surface area (Å²) in [6, 6.07) is 18.3. The van der Waals surface area contributed by atoms with Crippen LogP contribution in [0.5, 0.6) is 0 Å². The molecule has 11 heteroatoms. The first-order valence-electron chi connectivity index (χ1n) is 13.1. The molecule has 2 N–H and O–H groups in total. The van der Waals surface area contributed by atoms with Crippen LogP contribution in [-0.2, 0) is 9.53 Å². The van der Waals surface area contributed by atoms with E-state index in [1.54, 1.807) is 36.1 Å². The maximum atomic E-state index is 13.5. The molecular weight excluding hydrogens is 548 g/mol. The highest BCUT2D eigenvalue weighted by molar-refractivity contribution is 6.34. The van der Waals surface area contributed by atoms with Crippen molar-refractivity contribution in [3.8, 4) is 0 Å². The molecule has 0 unspecified atom stereocenters. The van der Waals surface area contributed by atoms with Crippen LogP contribution in [0.1, 0.15) is 54.2 Å². The van der Waals surface area contributed by atoms with Crippen molar-refractivity contribution in [1.82, 2.24) is 10.2 Å². The van der Waals surface area contributed by atoms with Crippen LogP contribution >= 0.6 is 11.6 Å². The Hall–Kier alpha value is -4.70. The average molecular weight is 577 g/mol. The molecule has 3 aromatic carbocycles. The number of hydrogen-bond acceptors (Lipinski definition) is 6. The highest BCUT2D eigenvalue weighted by Crippen LogP contribution is 2.37. The predicted octanol–water partition coefficient (Wildman–Crippen LogP) is 6.34. The molecule has 0 bridgehead atoms. The third-order valence-corrected chi connectivity index (χ3v) is 6.80. The summed E-state index contributed by atoms with van der Waals surface area (Å²) >= 11 is 6.14. The van der Waals surface area contributed by atoms with Gasteiger partial charge in [-0.3, -0.25) is 19.8 Å². The fourth-order valence-corrected chi connectivity index (χ4v) is 4.82. The topological polar surface area (TPSA) is 131 Å². The van der Waals surface area contributed by atoms with Crippen LogP contribution in [-0.4, -0.2) is 40.9 Å². The third-order valence-electron chi connectivity index (χ3n) is 6.49. The number of benzene rings is 3. The normalized spacial score (nSPS) is 14.9. The number of nitro benzene ring substituents is 1. The lowest BCUT2D eigenvalue weighted by atomic mass is 9.91. The number of esters is 1. The molecule has 1 aliphatic rings. The number of non-ortho nitro benzene ring substituents is 1. The molecule has 3 aromatic rings. The molecule has 3 amide bonds. The Balaban J connectivity index is 1.76. The second-order valence-corrected chi connectivity index (χ2v) is 9.64. The number of unbranched alkanes of at least 4 members (excludes halogenated alkanes) is 1. The number of urea groups is 1. The van der Waals surface area contributed by atoms with Gasteiger partial charge in [-0.2, -0.15) is 0 Å². The number of anilines is 1. The summed E-state index contributed by atoms with van der Waals surface area (Å²) in [5.74, 6) is -1.14. The maximum absolute atomic E-state index is 13.5. The van der Waals surface area contributed by atoms with E-state index in [-0.39, 0.29) is 34.5 Å². The number of nitrogens with one attached hydrogen (secondary N) is 2. The number of nitrogens with zero attached hydrogens (tertiary/aromatic N) is 2. The summed E-state index contributed by atoms with van der Waals surface area (Å²) in [6.07, 6.45) is 1.59. The summed E-state index contributed by atoms with van der Waals surface area (Å²) in [4.78, 5) is 51.9. The van der Waals surface area contributed by atoms with Gasteiger partial charge in [-0.15, -0.1) is 0 Å². The van der Waals surface area contributed by atoms with Crippen molar-refractivity contribution < 1.29 is 24.0 Å². The van der Waals surface area contributed by atoms with E-state index in [2.05, 4.69) is 10.6 Å². The van der Waals surface area contributed by atoms with Crippen LogP contribution < -0.4 is 10.6 Å². The van der Waals surface area contributed by atoms with Gasteiger partial charge in [0.25, 0.3) is 11.6 Å². The quantitative estimate of drug-likeness (QED) is 0.164. The molecule has 0 aromatic heterocycles. The Morgan fingerprint density at radius 1 is 1.07 bits per heavy atom. The highest BCUT2D eigenvalue weighted by atomic mass is 35.5. The smallest absolute Gasteiger partial charge is 0.338 e. The molecule has 0 spiro atoms. The van der Waals surface area contributed by atoms with Crippen molar-refractivity contribution in [1.29, 1.82) is 0 Å². The molecule has 1 aliphatic heterocycles. The summed E-state index contributed by atoms with van der Waals surface area (Å²) in [6.45, 7) is 4.29. The van der Waals surface area contributed by atoms with Crippen molar-refractivity contribution >= 4 is 46.6 Å². The van der Waals surface area contributed by atoms with E-state index in [4.69, 9.17) is 16.3 Å². The minimum Gasteiger partial charge on any atom is -0.463 e. The van der Waals surface area contributed by atoms with Crippen molar-refractivity contribution in [3.63, 3.8) is 0 Å². The first kappa shape index (κ1) is 29.3. The number of amides is 3. The minimum atomic E-state index is -0.866. The fourth-order valence-electron chi connectivity index (χ4n) is 4.56. The number of nitro groups is 1. The van der Waals surface area contributed by atoms with Crippen LogP contribution in [0.2, 0.25) is 5.02 Å². The summed E-state index contributed by atoms with van der Waals surface area (Å²) < 4.78 is 5.46. The van der Waals surface area contributed by atoms with E-state index in [1.807, 2.05) is 37.3 Å². The van der Waals surface area contributed by atoms with Crippen LogP contribution in [0.15, 0.2) is 78.4 Å². The molecule has 10 nitrogen and oxygen atoms in total. The van der Waals surface area contributed by atoms with Gasteiger partial charge in [-0.05, 0) is 42.7 Å². The van der Waals surface area contributed by atoms with Gasteiger partial charge in [0.2, 0.25) is 0 Å². The number of rotatable bonds is 10. The summed E-state index contributed by atoms with van der Waals surface area (Å²) in [5, 5.41) is 16.6. The average Bonchev–Trinajstić information content (AvgIpc) is 2.96. The molecule has 0 saturated heterocycles. The highest BCUT2D eigenvalue weighted by Gasteiger charge is 2.38. The monoisotopic (exact) mass is 576 g/mol. The van der Waals surface area contributed by atoms with Crippen LogP contribution in [0.4, 0.5) is 16.2 Å². The summed E-state index contributed by atoms with van der Waals surface area (Å²) in [5.41, 5.74) is 2.17. The zero-order valence-electron chi connectivity index (χ0n) is 22.6. The van der Waals surface area contributed by atoms with Crippen LogP contribution in [0, 0.1) is 10.1 Å². The third kappa shape index (κ3) is 6.55. The molecule has 41 heavy (non-hydrogen) atoms. The van der Waals surface area contributed by atoms with Crippen molar-refractivity contribution in [2.75, 3.05) is 18.5 Å². The van der Waals surface area contributed by atoms with Gasteiger partial charge in [-0.1, -0.05) is 67.4 Å². The zero-order valence-corrected chi connectivity index (χ0v) is 23.3. The van der Waals surface area contributed by atoms with Gasteiger partial charge in [-0.25, -0.2) is 9.59 Å². The van der Waals surface area contributed by atoms with E-state index in [0.717, 1.165) is 18.9 Å². The van der Waals surface area contributed by atoms with Crippen molar-refractivity contribution in [2.45, 2.75) is 32.7 Å². The second-order valence-electron chi connectivity index (χ2n) is 9.24. The number of ether oxygens (including phenoxy) is 1. The zero-order chi connectivity index (χ0) is 29.5. The Labute approximate surface area is 242 Å². The van der Waals surface area contributed by atoms with Gasteiger partial charge >= 0.3 is 12.0 Å². The molecule has 1 heterocycles. The van der Waals surface area contributed by atoms with Gasteiger partial charge < -0.3 is 15.4 Å². The van der Waals surface area contributed by atoms with Gasteiger partial charge in [0.05, 0.1) is 39.4 Å². The molecule has 4 rings (SSSR count). The lowest BCUT2D eigenvalue weighted by molar-refractivity contribution is -0.384. The lowest BCUT2D eigenvalue weighted by Crippen LogP contribution is -2.48. The summed E-state index contributed by atoms with van der Waals surface area (Å²) in [7, 11) is 0. The molecule has 212 valence electrons. The lowest BCUT2D eigenvalue weighted by Gasteiger charge is -2.37. The van der Waals surface area contributed by atoms with E-state index in [1.165, 1.54) is 12.1 Å². The number of carbonyl (C=O) groups is 3. The van der Waals surface area contributed by atoms with E-state index < -0.39 is 22.8 Å². The van der Waals surface area contributed by atoms with Crippen LogP contribution in [0.3, 0.4) is 0 Å². The Bertz CT molecular complexity index is 1510. The molecule has 0 fully saturated rings. The second kappa shape index (κ2) is 13.1. The predicted molar refractivity (Wildman–Crippen MR) is 155 cm³/mol. The maximum Gasteiger partial charge on any atom is 0.338 e. The first-order valence-corrected chi connectivity index (χ1v) is 13.5. The SMILES string of the molecule is CCCCN1C(=O)N[C@H](c2cccc(NC(=O)c3ccc([N+](=O)[O-])cc3Cl)c2)C(C(=O)OCC)=C1c1ccccc1. The Morgan fingerprint density at radius 2 is 1.83 bits per heavy atom. The number of hydrogen-bond donors (Lipinski definition) is 2. The molecule has 0 radical (unpaired) electrons. The van der Waals surface area contributed by atoms with Gasteiger partial charge in [0, 0.05) is 24.4 Å². The van der Waals surface area contributed by atoms with E-state index in [9.17, 15) is 24.5 Å². The largest absolute Gasteiger partial charge is 0.463 e. The molecular formula is C30H29ClN4O6. The Morgan fingerprint density at radius 3 is 2.49 bits per heavy atom. The van der Waals surface area contributed by atoms with Crippen LogP contribution in [0.25, 0.3) is 5.70 Å². The van der Waals surface area contributed by atoms with Crippen molar-refractivity contribution in [3.05, 3.63) is 110 Å².